The van der Waals surface area contributed by atoms with Gasteiger partial charge >= 0.3 is 0 Å². The van der Waals surface area contributed by atoms with Crippen LogP contribution in [0.5, 0.6) is 0 Å². The molecule has 1 saturated heterocycles. The zero-order chi connectivity index (χ0) is 43.5. The second kappa shape index (κ2) is 20.6. The van der Waals surface area contributed by atoms with E-state index in [1.54, 1.807) is 0 Å². The highest BCUT2D eigenvalue weighted by Gasteiger charge is 2.49. The quantitative estimate of drug-likeness (QED) is 0.0841. The Morgan fingerprint density at radius 3 is 1.06 bits per heavy atom. The van der Waals surface area contributed by atoms with Crippen molar-refractivity contribution < 1.29 is 19.3 Å². The molecule has 0 radical (unpaired) electrons. The fourth-order valence-electron chi connectivity index (χ4n) is 10.2. The first-order valence-electron chi connectivity index (χ1n) is 22.5. The Hall–Kier alpha value is -5.12. The highest BCUT2D eigenvalue weighted by molar-refractivity contribution is 7.79. The third kappa shape index (κ3) is 9.56. The average molecular weight is 872 g/mol. The van der Waals surface area contributed by atoms with E-state index < -0.39 is 32.0 Å². The molecule has 9 rings (SSSR count). The van der Waals surface area contributed by atoms with Crippen LogP contribution in [0.2, 0.25) is 0 Å². The summed E-state index contributed by atoms with van der Waals surface area (Å²) >= 11 is 0. The number of rotatable bonds is 14. The van der Waals surface area contributed by atoms with Crippen LogP contribution in [0, 0.1) is 5.92 Å². The van der Waals surface area contributed by atoms with Crippen molar-refractivity contribution in [1.82, 2.24) is 4.90 Å². The Kier molecular flexibility index (Phi) is 14.5. The smallest absolute Gasteiger partial charge is 0.145 e. The third-order valence-corrected chi connectivity index (χ3v) is 19.6. The van der Waals surface area contributed by atoms with Crippen LogP contribution < -0.4 is 21.2 Å². The van der Waals surface area contributed by atoms with E-state index in [1.807, 2.05) is 121 Å². The summed E-state index contributed by atoms with van der Waals surface area (Å²) in [5.41, 5.74) is 2.86. The summed E-state index contributed by atoms with van der Waals surface area (Å²) in [6.07, 6.45) is 5.55. The van der Waals surface area contributed by atoms with Crippen molar-refractivity contribution in [2.75, 3.05) is 18.9 Å². The molecule has 2 unspecified atom stereocenters. The number of benzene rings is 7. The number of aliphatic hydroxyl groups excluding tert-OH is 2. The van der Waals surface area contributed by atoms with Gasteiger partial charge in [-0.2, -0.15) is 0 Å². The topological polar surface area (TPSA) is 77.8 Å². The number of nitrogens with zero attached hydrogens (tertiary/aromatic N) is 1. The standard InChI is InChI=1S/C37H36NO2P.C19H23O2P/c39-36(29-41(40,33-23-12-4-13-24-33)34-25-14-5-15-26-34)35-27-16-28-38(35)37(30-17-6-1-7-18-30,31-19-8-2-9-20-31)32-21-10-3-11-22-32;20-19(16-9-7-8-10-16)15-22(21,17-11-3-1-4-12-17)18-13-5-2-6-14-18/h1-15,17-26,35-36,39H,16,27-29H2;1-6,11-14,16,19-20H,7-10,15H2/t35-,36?;/m0./s1. The van der Waals surface area contributed by atoms with E-state index in [4.69, 9.17) is 0 Å². The van der Waals surface area contributed by atoms with E-state index >= 15 is 0 Å². The van der Waals surface area contributed by atoms with Crippen LogP contribution in [0.1, 0.15) is 55.2 Å². The van der Waals surface area contributed by atoms with Gasteiger partial charge < -0.3 is 19.3 Å². The minimum Gasteiger partial charge on any atom is -0.392 e. The summed E-state index contributed by atoms with van der Waals surface area (Å²) in [7, 11) is -5.89. The maximum Gasteiger partial charge on any atom is 0.145 e. The molecule has 0 aromatic heterocycles. The van der Waals surface area contributed by atoms with Gasteiger partial charge in [-0.25, -0.2) is 0 Å². The minimum absolute atomic E-state index is 0.184. The molecule has 1 heterocycles. The third-order valence-electron chi connectivity index (χ3n) is 13.3. The molecule has 7 heteroatoms. The molecule has 2 fully saturated rings. The van der Waals surface area contributed by atoms with Crippen LogP contribution in [0.15, 0.2) is 212 Å². The molecule has 1 aliphatic carbocycles. The zero-order valence-corrected chi connectivity index (χ0v) is 37.7. The molecular weight excluding hydrogens is 813 g/mol. The summed E-state index contributed by atoms with van der Waals surface area (Å²) in [4.78, 5) is 2.48. The summed E-state index contributed by atoms with van der Waals surface area (Å²) < 4.78 is 28.8. The maximum atomic E-state index is 15.0. The van der Waals surface area contributed by atoms with Crippen molar-refractivity contribution in [3.63, 3.8) is 0 Å². The molecule has 63 heavy (non-hydrogen) atoms. The van der Waals surface area contributed by atoms with Crippen molar-refractivity contribution in [3.8, 4) is 0 Å². The first kappa shape index (κ1) is 44.5. The van der Waals surface area contributed by atoms with Crippen molar-refractivity contribution in [2.45, 2.75) is 62.3 Å². The summed E-state index contributed by atoms with van der Waals surface area (Å²) in [5.74, 6) is 0.306. The van der Waals surface area contributed by atoms with E-state index in [-0.39, 0.29) is 12.2 Å². The number of hydrogen-bond donors (Lipinski definition) is 2. The van der Waals surface area contributed by atoms with Crippen LogP contribution in [-0.4, -0.2) is 52.2 Å². The molecule has 5 nitrogen and oxygen atoms in total. The van der Waals surface area contributed by atoms with Gasteiger partial charge in [-0.15, -0.1) is 0 Å². The van der Waals surface area contributed by atoms with Crippen molar-refractivity contribution in [1.29, 1.82) is 0 Å². The first-order valence-corrected chi connectivity index (χ1v) is 26.3. The van der Waals surface area contributed by atoms with Gasteiger partial charge in [-0.1, -0.05) is 225 Å². The molecule has 2 N–H and O–H groups in total. The lowest BCUT2D eigenvalue weighted by atomic mass is 9.75. The molecule has 322 valence electrons. The van der Waals surface area contributed by atoms with Crippen molar-refractivity contribution in [3.05, 3.63) is 229 Å². The van der Waals surface area contributed by atoms with Gasteiger partial charge in [0.1, 0.15) is 14.3 Å². The maximum absolute atomic E-state index is 15.0. The lowest BCUT2D eigenvalue weighted by Crippen LogP contribution is -2.54. The second-order valence-electron chi connectivity index (χ2n) is 17.1. The fraction of sp³-hybridized carbons (Fsp3) is 0.250. The lowest BCUT2D eigenvalue weighted by Gasteiger charge is -2.48. The molecule has 1 saturated carbocycles. The molecular formula is C56H59NO4P2. The Labute approximate surface area is 374 Å². The molecule has 3 atom stereocenters. The molecule has 7 aromatic carbocycles. The molecule has 0 amide bonds. The molecule has 0 bridgehead atoms. The number of likely N-dealkylation sites (tertiary alicyclic amines) is 1. The number of hydrogen-bond acceptors (Lipinski definition) is 5. The Balaban J connectivity index is 0.000000208. The molecule has 2 aliphatic rings. The summed E-state index contributed by atoms with van der Waals surface area (Å²) in [5, 5.41) is 26.1. The Morgan fingerprint density at radius 1 is 0.429 bits per heavy atom. The van der Waals surface area contributed by atoms with E-state index in [0.29, 0.717) is 12.1 Å². The zero-order valence-electron chi connectivity index (χ0n) is 35.9. The normalized spacial score (nSPS) is 17.1. The monoisotopic (exact) mass is 871 g/mol. The minimum atomic E-state index is -3.10. The fourth-order valence-corrected chi connectivity index (χ4v) is 15.8. The predicted molar refractivity (Wildman–Crippen MR) is 262 cm³/mol. The van der Waals surface area contributed by atoms with E-state index in [2.05, 4.69) is 95.9 Å². The van der Waals surface area contributed by atoms with Gasteiger partial charge in [-0.3, -0.25) is 4.90 Å². The molecule has 7 aromatic rings. The van der Waals surface area contributed by atoms with Crippen LogP contribution in [0.4, 0.5) is 0 Å². The van der Waals surface area contributed by atoms with Gasteiger partial charge in [0.2, 0.25) is 0 Å². The van der Waals surface area contributed by atoms with Gasteiger partial charge in [0.05, 0.1) is 17.7 Å². The van der Waals surface area contributed by atoms with Crippen LogP contribution in [0.25, 0.3) is 0 Å². The van der Waals surface area contributed by atoms with Crippen molar-refractivity contribution >= 4 is 35.5 Å². The van der Waals surface area contributed by atoms with Crippen LogP contribution >= 0.6 is 14.3 Å². The second-order valence-corrected chi connectivity index (χ2v) is 22.8. The summed E-state index contributed by atoms with van der Waals surface area (Å²) in [6, 6.07) is 70.4. The van der Waals surface area contributed by atoms with Gasteiger partial charge in [0.25, 0.3) is 0 Å². The van der Waals surface area contributed by atoms with E-state index in [9.17, 15) is 19.3 Å². The van der Waals surface area contributed by atoms with Gasteiger partial charge in [0.15, 0.2) is 0 Å². The molecule has 1 aliphatic heterocycles. The van der Waals surface area contributed by atoms with E-state index in [0.717, 1.165) is 70.1 Å². The summed E-state index contributed by atoms with van der Waals surface area (Å²) in [6.45, 7) is 0.821. The predicted octanol–water partition coefficient (Wildman–Crippen LogP) is 10.4. The van der Waals surface area contributed by atoms with Crippen LogP contribution in [0.3, 0.4) is 0 Å². The molecule has 0 spiro atoms. The SMILES string of the molecule is O=P(CC(O)C1CCCC1)(c1ccccc1)c1ccccc1.O=P(CC(O)[C@@H]1CCCN1C(c1ccccc1)(c1ccccc1)c1ccccc1)(c1ccccc1)c1ccccc1. The Morgan fingerprint density at radius 2 is 0.730 bits per heavy atom. The van der Waals surface area contributed by atoms with Crippen molar-refractivity contribution in [2.24, 2.45) is 5.92 Å². The highest BCUT2D eigenvalue weighted by atomic mass is 31.2. The van der Waals surface area contributed by atoms with E-state index in [1.165, 1.54) is 12.8 Å². The van der Waals surface area contributed by atoms with Gasteiger partial charge in [0, 0.05) is 46.1 Å². The largest absolute Gasteiger partial charge is 0.392 e. The lowest BCUT2D eigenvalue weighted by molar-refractivity contribution is 0.0452. The Bertz CT molecular complexity index is 2360. The van der Waals surface area contributed by atoms with Gasteiger partial charge in [-0.05, 0) is 48.3 Å². The highest BCUT2D eigenvalue weighted by Crippen LogP contribution is 2.50. The van der Waals surface area contributed by atoms with Crippen LogP contribution in [-0.2, 0) is 14.7 Å². The first-order chi connectivity index (χ1) is 30.8. The number of aliphatic hydroxyl groups is 2. The average Bonchev–Trinajstić information content (AvgIpc) is 4.09.